The number of carbonyl (C=O) groups excluding carboxylic acids is 3. The molecule has 0 bridgehead atoms. The fourth-order valence-corrected chi connectivity index (χ4v) is 10.6. The molecule has 0 amide bonds. The molecule has 0 saturated heterocycles. The Morgan fingerprint density at radius 2 is 0.462 bits per heavy atom. The molecule has 1 unspecified atom stereocenters. The molecule has 0 spiro atoms. The van der Waals surface area contributed by atoms with Gasteiger partial charge in [0.1, 0.15) is 13.2 Å². The predicted octanol–water partition coefficient (Wildman–Crippen LogP) is 23.9. The highest BCUT2D eigenvalue weighted by Gasteiger charge is 2.19. The highest BCUT2D eigenvalue weighted by atomic mass is 16.6. The molecular formula is C72H134O6. The molecule has 0 aliphatic heterocycles. The Balaban J connectivity index is 3.99. The van der Waals surface area contributed by atoms with Crippen molar-refractivity contribution in [3.05, 3.63) is 36.5 Å². The van der Waals surface area contributed by atoms with Gasteiger partial charge >= 0.3 is 17.9 Å². The molecule has 1 atom stereocenters. The van der Waals surface area contributed by atoms with Gasteiger partial charge in [-0.1, -0.05) is 327 Å². The number of esters is 3. The minimum atomic E-state index is -0.775. The average molecular weight is 1100 g/mol. The third-order valence-corrected chi connectivity index (χ3v) is 15.9. The molecular weight excluding hydrogens is 961 g/mol. The number of allylic oxidation sites excluding steroid dienone is 6. The van der Waals surface area contributed by atoms with E-state index in [2.05, 4.69) is 57.2 Å². The summed E-state index contributed by atoms with van der Waals surface area (Å²) in [7, 11) is 0. The molecule has 0 radical (unpaired) electrons. The molecule has 0 aromatic heterocycles. The first kappa shape index (κ1) is 75.6. The first-order valence-electron chi connectivity index (χ1n) is 35.0. The average Bonchev–Trinajstić information content (AvgIpc) is 3.44. The minimum Gasteiger partial charge on any atom is -0.462 e. The summed E-state index contributed by atoms with van der Waals surface area (Å²) in [6.07, 6.45) is 83.5. The highest BCUT2D eigenvalue weighted by molar-refractivity contribution is 5.71. The number of carbonyl (C=O) groups is 3. The maximum atomic E-state index is 12.9. The van der Waals surface area contributed by atoms with Crippen LogP contribution in [0.4, 0.5) is 0 Å². The molecule has 0 aromatic rings. The summed E-state index contributed by atoms with van der Waals surface area (Å²) in [6, 6.07) is 0. The highest BCUT2D eigenvalue weighted by Crippen LogP contribution is 2.18. The zero-order valence-corrected chi connectivity index (χ0v) is 52.7. The first-order chi connectivity index (χ1) is 38.5. The van der Waals surface area contributed by atoms with Crippen LogP contribution in [0.15, 0.2) is 36.5 Å². The summed E-state index contributed by atoms with van der Waals surface area (Å²) < 4.78 is 16.9. The van der Waals surface area contributed by atoms with Crippen molar-refractivity contribution in [3.8, 4) is 0 Å². The van der Waals surface area contributed by atoms with E-state index in [1.165, 1.54) is 263 Å². The van der Waals surface area contributed by atoms with E-state index in [0.29, 0.717) is 19.3 Å². The van der Waals surface area contributed by atoms with Gasteiger partial charge in [-0.3, -0.25) is 14.4 Å². The quantitative estimate of drug-likeness (QED) is 0.0261. The van der Waals surface area contributed by atoms with Gasteiger partial charge < -0.3 is 14.2 Å². The Morgan fingerprint density at radius 3 is 0.744 bits per heavy atom. The number of rotatable bonds is 65. The van der Waals surface area contributed by atoms with Crippen LogP contribution in [0.25, 0.3) is 0 Å². The molecule has 0 aliphatic rings. The van der Waals surface area contributed by atoms with Crippen molar-refractivity contribution in [3.63, 3.8) is 0 Å². The van der Waals surface area contributed by atoms with Gasteiger partial charge in [-0.15, -0.1) is 0 Å². The lowest BCUT2D eigenvalue weighted by molar-refractivity contribution is -0.167. The smallest absolute Gasteiger partial charge is 0.306 e. The predicted molar refractivity (Wildman–Crippen MR) is 339 cm³/mol. The van der Waals surface area contributed by atoms with Crippen LogP contribution in [-0.2, 0) is 28.6 Å². The van der Waals surface area contributed by atoms with E-state index in [9.17, 15) is 14.4 Å². The molecule has 6 heteroatoms. The summed E-state index contributed by atoms with van der Waals surface area (Å²) in [4.78, 5) is 38.2. The van der Waals surface area contributed by atoms with Gasteiger partial charge in [-0.25, -0.2) is 0 Å². The third kappa shape index (κ3) is 64.5. The fourth-order valence-electron chi connectivity index (χ4n) is 10.6. The zero-order valence-electron chi connectivity index (χ0n) is 52.7. The van der Waals surface area contributed by atoms with Crippen molar-refractivity contribution >= 4 is 17.9 Å². The molecule has 0 saturated carbocycles. The monoisotopic (exact) mass is 1100 g/mol. The van der Waals surface area contributed by atoms with Gasteiger partial charge in [0.2, 0.25) is 0 Å². The number of unbranched alkanes of at least 4 members (excludes halogenated alkanes) is 48. The van der Waals surface area contributed by atoms with Crippen LogP contribution in [-0.4, -0.2) is 37.2 Å². The largest absolute Gasteiger partial charge is 0.462 e. The van der Waals surface area contributed by atoms with Gasteiger partial charge in [0.25, 0.3) is 0 Å². The second-order valence-corrected chi connectivity index (χ2v) is 23.8. The Morgan fingerprint density at radius 1 is 0.256 bits per heavy atom. The summed E-state index contributed by atoms with van der Waals surface area (Å²) in [5.74, 6) is -0.865. The summed E-state index contributed by atoms with van der Waals surface area (Å²) in [6.45, 7) is 6.64. The second kappa shape index (κ2) is 67.1. The first-order valence-corrected chi connectivity index (χ1v) is 35.0. The molecule has 0 N–H and O–H groups in total. The number of hydrogen-bond acceptors (Lipinski definition) is 6. The maximum Gasteiger partial charge on any atom is 0.306 e. The fraction of sp³-hybridized carbons (Fsp3) is 0.875. The van der Waals surface area contributed by atoms with Crippen molar-refractivity contribution in [2.75, 3.05) is 13.2 Å². The van der Waals surface area contributed by atoms with E-state index in [4.69, 9.17) is 14.2 Å². The summed E-state index contributed by atoms with van der Waals surface area (Å²) in [5, 5.41) is 0. The lowest BCUT2D eigenvalue weighted by atomic mass is 10.0. The molecule has 78 heavy (non-hydrogen) atoms. The lowest BCUT2D eigenvalue weighted by Gasteiger charge is -2.18. The molecule has 0 rings (SSSR count). The van der Waals surface area contributed by atoms with E-state index >= 15 is 0 Å². The standard InChI is InChI=1S/C72H134O6/c1-4-7-10-13-16-19-22-24-26-27-28-29-30-31-32-33-34-35-36-37-38-39-40-41-42-43-44-45-47-48-50-53-56-59-62-65-71(74)77-68-69(67-76-70(73)64-61-58-55-52-21-18-15-12-9-6-3)78-72(75)66-63-60-57-54-51-49-46-25-23-20-17-14-11-8-5-2/h17,20,25,27-28,46,69H,4-16,18-19,21-24,26,29-45,47-68H2,1-3H3/b20-17-,28-27-,46-25-. The summed E-state index contributed by atoms with van der Waals surface area (Å²) >= 11 is 0. The van der Waals surface area contributed by atoms with Crippen molar-refractivity contribution in [1.29, 1.82) is 0 Å². The van der Waals surface area contributed by atoms with E-state index < -0.39 is 6.10 Å². The lowest BCUT2D eigenvalue weighted by Crippen LogP contribution is -2.30. The Bertz CT molecular complexity index is 1300. The van der Waals surface area contributed by atoms with Crippen LogP contribution in [0.1, 0.15) is 387 Å². The Labute approximate surface area is 486 Å². The van der Waals surface area contributed by atoms with Crippen LogP contribution in [0.5, 0.6) is 0 Å². The van der Waals surface area contributed by atoms with Gasteiger partial charge in [0.05, 0.1) is 0 Å². The van der Waals surface area contributed by atoms with Gasteiger partial charge in [0, 0.05) is 19.3 Å². The Kier molecular flexibility index (Phi) is 65.1. The van der Waals surface area contributed by atoms with Gasteiger partial charge in [-0.05, 0) is 77.0 Å². The zero-order chi connectivity index (χ0) is 56.4. The van der Waals surface area contributed by atoms with Crippen LogP contribution in [0.3, 0.4) is 0 Å². The topological polar surface area (TPSA) is 78.9 Å². The van der Waals surface area contributed by atoms with E-state index in [1.54, 1.807) is 0 Å². The van der Waals surface area contributed by atoms with Crippen molar-refractivity contribution < 1.29 is 28.6 Å². The molecule has 0 aromatic carbocycles. The van der Waals surface area contributed by atoms with Crippen molar-refractivity contribution in [1.82, 2.24) is 0 Å². The normalized spacial score (nSPS) is 12.2. The van der Waals surface area contributed by atoms with Gasteiger partial charge in [-0.2, -0.15) is 0 Å². The second-order valence-electron chi connectivity index (χ2n) is 23.8. The molecule has 0 heterocycles. The van der Waals surface area contributed by atoms with E-state index in [-0.39, 0.29) is 31.1 Å². The van der Waals surface area contributed by atoms with Crippen molar-refractivity contribution in [2.24, 2.45) is 0 Å². The molecule has 6 nitrogen and oxygen atoms in total. The molecule has 458 valence electrons. The minimum absolute atomic E-state index is 0.0726. The third-order valence-electron chi connectivity index (χ3n) is 15.9. The maximum absolute atomic E-state index is 12.9. The van der Waals surface area contributed by atoms with Crippen molar-refractivity contribution in [2.45, 2.75) is 393 Å². The van der Waals surface area contributed by atoms with E-state index in [1.807, 2.05) is 0 Å². The van der Waals surface area contributed by atoms with Gasteiger partial charge in [0.15, 0.2) is 6.10 Å². The van der Waals surface area contributed by atoms with Crippen LogP contribution in [0, 0.1) is 0 Å². The van der Waals surface area contributed by atoms with E-state index in [0.717, 1.165) is 83.5 Å². The van der Waals surface area contributed by atoms with Crippen LogP contribution >= 0.6 is 0 Å². The molecule has 0 fully saturated rings. The summed E-state index contributed by atoms with van der Waals surface area (Å²) in [5.41, 5.74) is 0. The van der Waals surface area contributed by atoms with Crippen LogP contribution < -0.4 is 0 Å². The number of hydrogen-bond donors (Lipinski definition) is 0. The SMILES string of the molecule is CCCCC/C=C\C/C=C\CCCCCCCC(=O)OC(COC(=O)CCCCCCCCCCCC)COC(=O)CCCCCCCCCCCCCCCCCCCCCCCCC/C=C\CCCCCCCCCC. The Hall–Kier alpha value is -2.37. The molecule has 0 aliphatic carbocycles. The number of ether oxygens (including phenoxy) is 3. The van der Waals surface area contributed by atoms with Crippen LogP contribution in [0.2, 0.25) is 0 Å².